The Kier molecular flexibility index (Phi) is 9.34. The van der Waals surface area contributed by atoms with Crippen LogP contribution in [0.25, 0.3) is 16.6 Å². The van der Waals surface area contributed by atoms with E-state index in [0.29, 0.717) is 27.7 Å². The van der Waals surface area contributed by atoms with Crippen LogP contribution in [-0.2, 0) is 4.79 Å². The minimum Gasteiger partial charge on any atom is -0.339 e. The lowest BCUT2D eigenvalue weighted by Crippen LogP contribution is -2.33. The van der Waals surface area contributed by atoms with Crippen molar-refractivity contribution >= 4 is 45.7 Å². The first-order chi connectivity index (χ1) is 18.0. The highest BCUT2D eigenvalue weighted by Gasteiger charge is 2.36. The van der Waals surface area contributed by atoms with Crippen LogP contribution in [0, 0.1) is 0 Å². The smallest absolute Gasteiger partial charge is 0.265 e. The second kappa shape index (κ2) is 12.9. The lowest BCUT2D eigenvalue weighted by molar-refractivity contribution is -0.126. The molecule has 2 heterocycles. The van der Waals surface area contributed by atoms with Crippen molar-refractivity contribution in [1.82, 2.24) is 9.88 Å². The van der Waals surface area contributed by atoms with Crippen LogP contribution in [0.2, 0.25) is 5.02 Å². The fourth-order valence-corrected chi connectivity index (χ4v) is 4.91. The molecule has 0 N–H and O–H groups in total. The van der Waals surface area contributed by atoms with Crippen molar-refractivity contribution in [3.8, 4) is 0 Å². The zero-order chi connectivity index (χ0) is 26.2. The molecule has 0 fully saturated rings. The van der Waals surface area contributed by atoms with Crippen molar-refractivity contribution in [2.24, 2.45) is 0 Å². The van der Waals surface area contributed by atoms with Crippen molar-refractivity contribution in [1.29, 1.82) is 0 Å². The van der Waals surface area contributed by atoms with Crippen molar-refractivity contribution < 1.29 is 9.59 Å². The summed E-state index contributed by atoms with van der Waals surface area (Å²) in [6.45, 7) is 5.83. The van der Waals surface area contributed by atoms with E-state index in [1.54, 1.807) is 35.2 Å². The number of anilines is 1. The highest BCUT2D eigenvalue weighted by atomic mass is 35.5. The number of carbonyl (C=O) groups is 2. The van der Waals surface area contributed by atoms with Crippen LogP contribution in [0.4, 0.5) is 5.69 Å². The van der Waals surface area contributed by atoms with Crippen LogP contribution in [-0.4, -0.2) is 34.8 Å². The summed E-state index contributed by atoms with van der Waals surface area (Å²) in [5, 5.41) is 1.48. The van der Waals surface area contributed by atoms with Gasteiger partial charge in [0.15, 0.2) is 0 Å². The molecule has 0 saturated carbocycles. The minimum absolute atomic E-state index is 0.0717. The number of halogens is 1. The standard InChI is InChI=1S/C31H36ClN3O2/c1-3-5-7-11-19-34(20-12-8-6-4-2)29(36)22-28-30-26(21-23-13-9-10-14-27(23)33-30)31(37)35(28)25-17-15-24(32)16-18-25/h9-10,13-18,21-22H,3-8,11-12,19-20H2,1-2H3/b28-22+. The first-order valence-electron chi connectivity index (χ1n) is 13.5. The quantitative estimate of drug-likeness (QED) is 0.181. The van der Waals surface area contributed by atoms with Gasteiger partial charge in [0.1, 0.15) is 5.69 Å². The van der Waals surface area contributed by atoms with Gasteiger partial charge < -0.3 is 4.90 Å². The molecule has 0 unspecified atom stereocenters. The van der Waals surface area contributed by atoms with E-state index >= 15 is 0 Å². The molecule has 0 bridgehead atoms. The summed E-state index contributed by atoms with van der Waals surface area (Å²) >= 11 is 6.13. The maximum absolute atomic E-state index is 13.7. The van der Waals surface area contributed by atoms with Gasteiger partial charge in [0.05, 0.1) is 16.8 Å². The number of hydrogen-bond donors (Lipinski definition) is 0. The maximum atomic E-state index is 13.7. The summed E-state index contributed by atoms with van der Waals surface area (Å²) in [6, 6.07) is 16.7. The van der Waals surface area contributed by atoms with Gasteiger partial charge in [-0.05, 0) is 49.2 Å². The fourth-order valence-electron chi connectivity index (χ4n) is 4.79. The monoisotopic (exact) mass is 517 g/mol. The van der Waals surface area contributed by atoms with Gasteiger partial charge in [-0.25, -0.2) is 4.98 Å². The molecule has 6 heteroatoms. The number of nitrogens with zero attached hydrogens (tertiary/aromatic N) is 3. The molecule has 5 nitrogen and oxygen atoms in total. The molecule has 0 saturated heterocycles. The van der Waals surface area contributed by atoms with E-state index in [2.05, 4.69) is 13.8 Å². The van der Waals surface area contributed by atoms with E-state index in [1.807, 2.05) is 35.2 Å². The molecule has 3 aromatic rings. The second-order valence-corrected chi connectivity index (χ2v) is 10.1. The van der Waals surface area contributed by atoms with Gasteiger partial charge in [-0.2, -0.15) is 0 Å². The van der Waals surface area contributed by atoms with Crippen LogP contribution in [0.1, 0.15) is 81.3 Å². The molecule has 2 amide bonds. The summed E-state index contributed by atoms with van der Waals surface area (Å²) in [5.74, 6) is -0.260. The van der Waals surface area contributed by atoms with Gasteiger partial charge in [0.25, 0.3) is 5.91 Å². The Balaban J connectivity index is 1.71. The van der Waals surface area contributed by atoms with Crippen LogP contribution < -0.4 is 4.90 Å². The third-order valence-corrected chi connectivity index (χ3v) is 7.11. The van der Waals surface area contributed by atoms with Gasteiger partial charge in [-0.3, -0.25) is 14.5 Å². The molecule has 0 aliphatic carbocycles. The van der Waals surface area contributed by atoms with Gasteiger partial charge in [0.2, 0.25) is 5.91 Å². The minimum atomic E-state index is -0.188. The number of aromatic nitrogens is 1. The SMILES string of the molecule is CCCCCCN(CCCCCC)C(=O)/C=C1\c2nc3ccccc3cc2C(=O)N1c1ccc(Cl)cc1. The average Bonchev–Trinajstić information content (AvgIpc) is 3.17. The lowest BCUT2D eigenvalue weighted by atomic mass is 10.1. The van der Waals surface area contributed by atoms with E-state index in [9.17, 15) is 9.59 Å². The number of amides is 2. The van der Waals surface area contributed by atoms with E-state index < -0.39 is 0 Å². The van der Waals surface area contributed by atoms with Crippen molar-refractivity contribution in [3.05, 3.63) is 77.0 Å². The number of benzene rings is 2. The van der Waals surface area contributed by atoms with Crippen LogP contribution in [0.3, 0.4) is 0 Å². The highest BCUT2D eigenvalue weighted by molar-refractivity contribution is 6.31. The number of pyridine rings is 1. The van der Waals surface area contributed by atoms with Gasteiger partial charge in [-0.15, -0.1) is 0 Å². The fraction of sp³-hybridized carbons (Fsp3) is 0.387. The topological polar surface area (TPSA) is 53.5 Å². The summed E-state index contributed by atoms with van der Waals surface area (Å²) in [6.07, 6.45) is 10.4. The molecule has 0 spiro atoms. The average molecular weight is 518 g/mol. The number of unbranched alkanes of at least 4 members (excludes halogenated alkanes) is 6. The Labute approximate surface area is 225 Å². The Morgan fingerprint density at radius 1 is 0.919 bits per heavy atom. The predicted molar refractivity (Wildman–Crippen MR) is 153 cm³/mol. The lowest BCUT2D eigenvalue weighted by Gasteiger charge is -2.23. The largest absolute Gasteiger partial charge is 0.339 e. The van der Waals surface area contributed by atoms with Crippen LogP contribution in [0.5, 0.6) is 0 Å². The predicted octanol–water partition coefficient (Wildman–Crippen LogP) is 7.88. The van der Waals surface area contributed by atoms with Gasteiger partial charge >= 0.3 is 0 Å². The van der Waals surface area contributed by atoms with Gasteiger partial charge in [0, 0.05) is 35.3 Å². The van der Waals surface area contributed by atoms with Crippen molar-refractivity contribution in [3.63, 3.8) is 0 Å². The molecule has 37 heavy (non-hydrogen) atoms. The third-order valence-electron chi connectivity index (χ3n) is 6.86. The molecule has 0 atom stereocenters. The number of fused-ring (bicyclic) bond motifs is 2. The maximum Gasteiger partial charge on any atom is 0.265 e. The van der Waals surface area contributed by atoms with Crippen LogP contribution >= 0.6 is 11.6 Å². The Bertz CT molecular complexity index is 1260. The number of rotatable bonds is 12. The number of carbonyl (C=O) groups excluding carboxylic acids is 2. The van der Waals surface area contributed by atoms with E-state index in [0.717, 1.165) is 62.5 Å². The highest BCUT2D eigenvalue weighted by Crippen LogP contribution is 2.37. The number of hydrogen-bond acceptors (Lipinski definition) is 3. The molecule has 1 aromatic heterocycles. The molecule has 4 rings (SSSR count). The van der Waals surface area contributed by atoms with E-state index in [-0.39, 0.29) is 11.8 Å². The summed E-state index contributed by atoms with van der Waals surface area (Å²) in [5.41, 5.74) is 3.02. The van der Waals surface area contributed by atoms with E-state index in [4.69, 9.17) is 16.6 Å². The summed E-state index contributed by atoms with van der Waals surface area (Å²) in [7, 11) is 0. The first-order valence-corrected chi connectivity index (χ1v) is 13.9. The summed E-state index contributed by atoms with van der Waals surface area (Å²) in [4.78, 5) is 35.7. The van der Waals surface area contributed by atoms with Gasteiger partial charge in [-0.1, -0.05) is 82.2 Å². The Morgan fingerprint density at radius 3 is 2.22 bits per heavy atom. The molecule has 1 aliphatic heterocycles. The Hall–Kier alpha value is -3.18. The molecule has 194 valence electrons. The molecular formula is C31H36ClN3O2. The summed E-state index contributed by atoms with van der Waals surface area (Å²) < 4.78 is 0. The molecule has 1 aliphatic rings. The third kappa shape index (κ3) is 6.40. The first kappa shape index (κ1) is 26.9. The number of para-hydroxylation sites is 1. The molecule has 0 radical (unpaired) electrons. The normalized spacial score (nSPS) is 14.0. The van der Waals surface area contributed by atoms with Crippen molar-refractivity contribution in [2.45, 2.75) is 65.2 Å². The zero-order valence-corrected chi connectivity index (χ0v) is 22.6. The van der Waals surface area contributed by atoms with Crippen LogP contribution in [0.15, 0.2) is 60.7 Å². The van der Waals surface area contributed by atoms with Crippen molar-refractivity contribution in [2.75, 3.05) is 18.0 Å². The molecular weight excluding hydrogens is 482 g/mol. The van der Waals surface area contributed by atoms with E-state index in [1.165, 1.54) is 12.8 Å². The Morgan fingerprint density at radius 2 is 1.57 bits per heavy atom. The zero-order valence-electron chi connectivity index (χ0n) is 21.9. The molecule has 2 aromatic carbocycles. The second-order valence-electron chi connectivity index (χ2n) is 9.67.